The van der Waals surface area contributed by atoms with Gasteiger partial charge in [-0.25, -0.2) is 0 Å². The van der Waals surface area contributed by atoms with Gasteiger partial charge in [-0.1, -0.05) is 24.3 Å². The van der Waals surface area contributed by atoms with Gasteiger partial charge in [0.05, 0.1) is 12.5 Å². The monoisotopic (exact) mass is 342 g/mol. The molecule has 128 valence electrons. The maximum atomic E-state index is 12.3. The van der Waals surface area contributed by atoms with Gasteiger partial charge in [-0.15, -0.1) is 0 Å². The molecule has 0 atom stereocenters. The third-order valence-electron chi connectivity index (χ3n) is 3.91. The van der Waals surface area contributed by atoms with Crippen LogP contribution in [0.5, 0.6) is 0 Å². The molecule has 0 spiro atoms. The van der Waals surface area contributed by atoms with Crippen LogP contribution in [-0.4, -0.2) is 50.1 Å². The standard InChI is InChI=1S/C15H22N2O5S/c1-22-14-6-8-17(9-7-14)23(20,21)16-11-13-4-2-12(3-5-13)10-15(18)19/h2-5,14,16H,6-11H2,1H3,(H,18,19). The molecule has 1 aromatic rings. The molecule has 0 amide bonds. The maximum Gasteiger partial charge on any atom is 0.307 e. The molecule has 1 aromatic carbocycles. The summed E-state index contributed by atoms with van der Waals surface area (Å²) in [5.74, 6) is -0.891. The minimum Gasteiger partial charge on any atom is -0.481 e. The lowest BCUT2D eigenvalue weighted by Gasteiger charge is -2.30. The highest BCUT2D eigenvalue weighted by molar-refractivity contribution is 7.87. The molecule has 1 heterocycles. The molecule has 2 rings (SSSR count). The van der Waals surface area contributed by atoms with Crippen molar-refractivity contribution in [2.45, 2.75) is 31.9 Å². The zero-order chi connectivity index (χ0) is 16.9. The molecule has 7 nitrogen and oxygen atoms in total. The van der Waals surface area contributed by atoms with Crippen molar-refractivity contribution in [2.24, 2.45) is 0 Å². The van der Waals surface area contributed by atoms with E-state index in [0.717, 1.165) is 5.56 Å². The molecule has 0 radical (unpaired) electrons. The van der Waals surface area contributed by atoms with Crippen molar-refractivity contribution in [3.63, 3.8) is 0 Å². The Hall–Kier alpha value is -1.48. The number of nitrogens with zero attached hydrogens (tertiary/aromatic N) is 1. The van der Waals surface area contributed by atoms with E-state index in [1.807, 2.05) is 0 Å². The number of hydrogen-bond donors (Lipinski definition) is 2. The number of methoxy groups -OCH3 is 1. The predicted octanol–water partition coefficient (Wildman–Crippen LogP) is 0.759. The Morgan fingerprint density at radius 3 is 2.35 bits per heavy atom. The van der Waals surface area contributed by atoms with E-state index in [1.54, 1.807) is 31.4 Å². The average molecular weight is 342 g/mol. The summed E-state index contributed by atoms with van der Waals surface area (Å²) in [5, 5.41) is 8.72. The first-order valence-electron chi connectivity index (χ1n) is 7.48. The Labute approximate surface area is 136 Å². The van der Waals surface area contributed by atoms with Gasteiger partial charge in [0.2, 0.25) is 0 Å². The van der Waals surface area contributed by atoms with Crippen molar-refractivity contribution in [2.75, 3.05) is 20.2 Å². The summed E-state index contributed by atoms with van der Waals surface area (Å²) in [6, 6.07) is 6.86. The molecule has 23 heavy (non-hydrogen) atoms. The highest BCUT2D eigenvalue weighted by atomic mass is 32.2. The third-order valence-corrected chi connectivity index (χ3v) is 5.47. The second-order valence-corrected chi connectivity index (χ2v) is 7.30. The highest BCUT2D eigenvalue weighted by Crippen LogP contribution is 2.15. The van der Waals surface area contributed by atoms with E-state index in [4.69, 9.17) is 9.84 Å². The fraction of sp³-hybridized carbons (Fsp3) is 0.533. The minimum absolute atomic E-state index is 0.0412. The molecule has 1 aliphatic heterocycles. The smallest absolute Gasteiger partial charge is 0.307 e. The van der Waals surface area contributed by atoms with E-state index in [1.165, 1.54) is 4.31 Å². The number of aliphatic carboxylic acids is 1. The van der Waals surface area contributed by atoms with Crippen molar-refractivity contribution in [3.8, 4) is 0 Å². The first-order chi connectivity index (χ1) is 10.9. The van der Waals surface area contributed by atoms with Crippen molar-refractivity contribution in [1.82, 2.24) is 9.03 Å². The van der Waals surface area contributed by atoms with Crippen molar-refractivity contribution in [3.05, 3.63) is 35.4 Å². The summed E-state index contributed by atoms with van der Waals surface area (Å²) < 4.78 is 33.8. The number of rotatable bonds is 7. The SMILES string of the molecule is COC1CCN(S(=O)(=O)NCc2ccc(CC(=O)O)cc2)CC1. The van der Waals surface area contributed by atoms with Gasteiger partial charge in [-0.05, 0) is 24.0 Å². The van der Waals surface area contributed by atoms with Crippen LogP contribution in [0, 0.1) is 0 Å². The Kier molecular flexibility index (Phi) is 6.11. The fourth-order valence-electron chi connectivity index (χ4n) is 2.52. The number of benzene rings is 1. The number of piperidine rings is 1. The molecular formula is C15H22N2O5S. The van der Waals surface area contributed by atoms with E-state index < -0.39 is 16.2 Å². The lowest BCUT2D eigenvalue weighted by atomic mass is 10.1. The van der Waals surface area contributed by atoms with Crippen molar-refractivity contribution >= 4 is 16.2 Å². The van der Waals surface area contributed by atoms with E-state index >= 15 is 0 Å². The number of carboxylic acids is 1. The molecular weight excluding hydrogens is 320 g/mol. The van der Waals surface area contributed by atoms with Gasteiger partial charge in [0, 0.05) is 26.7 Å². The van der Waals surface area contributed by atoms with Gasteiger partial charge in [-0.2, -0.15) is 17.4 Å². The van der Waals surface area contributed by atoms with Crippen LogP contribution in [0.15, 0.2) is 24.3 Å². The predicted molar refractivity (Wildman–Crippen MR) is 85.1 cm³/mol. The molecule has 2 N–H and O–H groups in total. The number of carboxylic acid groups (broad SMARTS) is 1. The Balaban J connectivity index is 1.88. The molecule has 1 fully saturated rings. The number of ether oxygens (including phenoxy) is 1. The first kappa shape index (κ1) is 17.9. The summed E-state index contributed by atoms with van der Waals surface area (Å²) >= 11 is 0. The van der Waals surface area contributed by atoms with Crippen LogP contribution in [0.4, 0.5) is 0 Å². The molecule has 1 saturated heterocycles. The zero-order valence-corrected chi connectivity index (χ0v) is 13.9. The maximum absolute atomic E-state index is 12.3. The van der Waals surface area contributed by atoms with Gasteiger partial charge in [-0.3, -0.25) is 4.79 Å². The summed E-state index contributed by atoms with van der Waals surface area (Å²) in [6.45, 7) is 1.08. The van der Waals surface area contributed by atoms with Gasteiger partial charge < -0.3 is 9.84 Å². The van der Waals surface area contributed by atoms with E-state index in [-0.39, 0.29) is 19.1 Å². The Morgan fingerprint density at radius 2 is 1.83 bits per heavy atom. The van der Waals surface area contributed by atoms with Crippen LogP contribution >= 0.6 is 0 Å². The van der Waals surface area contributed by atoms with Crippen LogP contribution in [0.2, 0.25) is 0 Å². The van der Waals surface area contributed by atoms with Crippen LogP contribution < -0.4 is 4.72 Å². The minimum atomic E-state index is -3.51. The molecule has 0 saturated carbocycles. The summed E-state index contributed by atoms with van der Waals surface area (Å²) in [5.41, 5.74) is 1.47. The number of carbonyl (C=O) groups is 1. The molecule has 1 aliphatic rings. The zero-order valence-electron chi connectivity index (χ0n) is 13.1. The molecule has 0 aliphatic carbocycles. The quantitative estimate of drug-likeness (QED) is 0.763. The summed E-state index contributed by atoms with van der Waals surface area (Å²) in [6.07, 6.45) is 1.48. The fourth-order valence-corrected chi connectivity index (χ4v) is 3.75. The summed E-state index contributed by atoms with van der Waals surface area (Å²) in [7, 11) is -1.87. The van der Waals surface area contributed by atoms with Gasteiger partial charge >= 0.3 is 5.97 Å². The van der Waals surface area contributed by atoms with Gasteiger partial charge in [0.25, 0.3) is 10.2 Å². The Bertz CT molecular complexity index is 622. The van der Waals surface area contributed by atoms with Crippen LogP contribution in [0.1, 0.15) is 24.0 Å². The van der Waals surface area contributed by atoms with E-state index in [0.29, 0.717) is 31.5 Å². The van der Waals surface area contributed by atoms with Crippen LogP contribution in [-0.2, 0) is 32.7 Å². The second kappa shape index (κ2) is 7.87. The first-order valence-corrected chi connectivity index (χ1v) is 8.92. The van der Waals surface area contributed by atoms with Gasteiger partial charge in [0.15, 0.2) is 0 Å². The summed E-state index contributed by atoms with van der Waals surface area (Å²) in [4.78, 5) is 10.6. The highest BCUT2D eigenvalue weighted by Gasteiger charge is 2.27. The molecule has 8 heteroatoms. The molecule has 0 unspecified atom stereocenters. The third kappa shape index (κ3) is 5.28. The van der Waals surface area contributed by atoms with E-state index in [2.05, 4.69) is 4.72 Å². The lowest BCUT2D eigenvalue weighted by Crippen LogP contribution is -2.46. The Morgan fingerprint density at radius 1 is 1.26 bits per heavy atom. The van der Waals surface area contributed by atoms with Crippen molar-refractivity contribution < 1.29 is 23.1 Å². The molecule has 0 aromatic heterocycles. The number of nitrogens with one attached hydrogen (secondary N) is 1. The molecule has 0 bridgehead atoms. The number of hydrogen-bond acceptors (Lipinski definition) is 4. The largest absolute Gasteiger partial charge is 0.481 e. The lowest BCUT2D eigenvalue weighted by molar-refractivity contribution is -0.136. The second-order valence-electron chi connectivity index (χ2n) is 5.55. The topological polar surface area (TPSA) is 95.9 Å². The van der Waals surface area contributed by atoms with Crippen LogP contribution in [0.25, 0.3) is 0 Å². The normalized spacial score (nSPS) is 17.3. The van der Waals surface area contributed by atoms with Gasteiger partial charge in [0.1, 0.15) is 0 Å². The van der Waals surface area contributed by atoms with Crippen molar-refractivity contribution in [1.29, 1.82) is 0 Å². The van der Waals surface area contributed by atoms with E-state index in [9.17, 15) is 13.2 Å². The average Bonchev–Trinajstić information content (AvgIpc) is 2.54. The van der Waals surface area contributed by atoms with Crippen LogP contribution in [0.3, 0.4) is 0 Å².